The highest BCUT2D eigenvalue weighted by molar-refractivity contribution is 9.10. The summed E-state index contributed by atoms with van der Waals surface area (Å²) in [5, 5.41) is 6.00. The second-order valence-corrected chi connectivity index (χ2v) is 4.88. The van der Waals surface area contributed by atoms with E-state index in [1.165, 1.54) is 0 Å². The zero-order chi connectivity index (χ0) is 13.7. The molecule has 2 aromatic heterocycles. The minimum Gasteiger partial charge on any atom is -0.356 e. The summed E-state index contributed by atoms with van der Waals surface area (Å²) >= 11 is 3.34. The summed E-state index contributed by atoms with van der Waals surface area (Å²) in [6, 6.07) is 0. The summed E-state index contributed by atoms with van der Waals surface area (Å²) in [6.45, 7) is 3.89. The molecule has 19 heavy (non-hydrogen) atoms. The summed E-state index contributed by atoms with van der Waals surface area (Å²) in [5.74, 6) is 0.0695. The molecule has 6 nitrogen and oxygen atoms in total. The zero-order valence-corrected chi connectivity index (χ0v) is 12.3. The van der Waals surface area contributed by atoms with Crippen molar-refractivity contribution in [1.82, 2.24) is 25.0 Å². The van der Waals surface area contributed by atoms with Gasteiger partial charge in [0.1, 0.15) is 4.60 Å². The molecule has 0 atom stereocenters. The van der Waals surface area contributed by atoms with E-state index in [1.807, 2.05) is 23.7 Å². The van der Waals surface area contributed by atoms with Crippen LogP contribution in [-0.2, 0) is 11.3 Å². The van der Waals surface area contributed by atoms with Gasteiger partial charge in [-0.05, 0) is 22.9 Å². The van der Waals surface area contributed by atoms with E-state index in [0.29, 0.717) is 26.1 Å². The van der Waals surface area contributed by atoms with Gasteiger partial charge in [-0.3, -0.25) is 9.20 Å². The van der Waals surface area contributed by atoms with Crippen LogP contribution >= 0.6 is 15.9 Å². The van der Waals surface area contributed by atoms with E-state index in [9.17, 15) is 4.79 Å². The maximum absolute atomic E-state index is 11.3. The van der Waals surface area contributed by atoms with Crippen LogP contribution in [-0.4, -0.2) is 33.4 Å². The minimum absolute atomic E-state index is 0.0695. The fourth-order valence-corrected chi connectivity index (χ4v) is 2.06. The van der Waals surface area contributed by atoms with Gasteiger partial charge in [0.2, 0.25) is 5.91 Å². The molecule has 0 spiro atoms. The third-order valence-corrected chi connectivity index (χ3v) is 3.06. The van der Waals surface area contributed by atoms with E-state index in [0.717, 1.165) is 15.9 Å². The Labute approximate surface area is 119 Å². The summed E-state index contributed by atoms with van der Waals surface area (Å²) in [4.78, 5) is 19.7. The number of nitrogens with one attached hydrogen (secondary N) is 2. The van der Waals surface area contributed by atoms with Crippen molar-refractivity contribution in [3.05, 3.63) is 28.9 Å². The highest BCUT2D eigenvalue weighted by Gasteiger charge is 2.04. The molecule has 0 saturated heterocycles. The van der Waals surface area contributed by atoms with Gasteiger partial charge in [-0.15, -0.1) is 0 Å². The Morgan fingerprint density at radius 2 is 2.26 bits per heavy atom. The molecule has 2 heterocycles. The highest BCUT2D eigenvalue weighted by atomic mass is 79.9. The topological polar surface area (TPSA) is 71.3 Å². The minimum atomic E-state index is 0.0695. The van der Waals surface area contributed by atoms with Crippen LogP contribution in [0.1, 0.15) is 19.0 Å². The van der Waals surface area contributed by atoms with Crippen LogP contribution in [0.3, 0.4) is 0 Å². The number of carbonyl (C=O) groups excluding carboxylic acids is 1. The standard InChI is InChI=1S/C12H16BrN5O/c1-2-15-12(19)3-4-14-5-9-6-17-11-7-16-10(13)8-18(9)11/h6-8,14H,2-5H2,1H3,(H,15,19). The Bertz CT molecular complexity index is 568. The van der Waals surface area contributed by atoms with Crippen molar-refractivity contribution >= 4 is 27.5 Å². The van der Waals surface area contributed by atoms with Gasteiger partial charge in [-0.25, -0.2) is 9.97 Å². The summed E-state index contributed by atoms with van der Waals surface area (Å²) in [5.41, 5.74) is 1.85. The van der Waals surface area contributed by atoms with E-state index >= 15 is 0 Å². The van der Waals surface area contributed by atoms with Crippen molar-refractivity contribution in [2.45, 2.75) is 19.9 Å². The Kier molecular flexibility index (Phi) is 4.86. The van der Waals surface area contributed by atoms with Crippen molar-refractivity contribution in [2.75, 3.05) is 13.1 Å². The summed E-state index contributed by atoms with van der Waals surface area (Å²) < 4.78 is 2.73. The van der Waals surface area contributed by atoms with Gasteiger partial charge in [0.05, 0.1) is 18.1 Å². The van der Waals surface area contributed by atoms with E-state index in [-0.39, 0.29) is 5.91 Å². The average Bonchev–Trinajstić information content (AvgIpc) is 2.77. The SMILES string of the molecule is CCNC(=O)CCNCc1cnc2cnc(Br)cn12. The van der Waals surface area contributed by atoms with E-state index in [1.54, 1.807) is 6.20 Å². The third-order valence-electron chi connectivity index (χ3n) is 2.65. The first-order valence-corrected chi connectivity index (χ1v) is 6.95. The second-order valence-electron chi connectivity index (χ2n) is 4.07. The molecule has 1 amide bonds. The van der Waals surface area contributed by atoms with Gasteiger partial charge in [-0.2, -0.15) is 0 Å². The quantitative estimate of drug-likeness (QED) is 0.780. The molecule has 102 valence electrons. The van der Waals surface area contributed by atoms with Crippen molar-refractivity contribution in [3.63, 3.8) is 0 Å². The lowest BCUT2D eigenvalue weighted by Gasteiger charge is -2.05. The molecule has 0 aliphatic rings. The molecule has 0 aliphatic heterocycles. The van der Waals surface area contributed by atoms with Crippen LogP contribution in [0.25, 0.3) is 5.65 Å². The number of imidazole rings is 1. The molecular weight excluding hydrogens is 310 g/mol. The molecule has 0 aromatic carbocycles. The first kappa shape index (κ1) is 14.0. The summed E-state index contributed by atoms with van der Waals surface area (Å²) in [7, 11) is 0. The smallest absolute Gasteiger partial charge is 0.221 e. The fraction of sp³-hybridized carbons (Fsp3) is 0.417. The van der Waals surface area contributed by atoms with Crippen LogP contribution in [0.5, 0.6) is 0 Å². The lowest BCUT2D eigenvalue weighted by molar-refractivity contribution is -0.120. The number of aromatic nitrogens is 3. The average molecular weight is 326 g/mol. The van der Waals surface area contributed by atoms with Crippen molar-refractivity contribution < 1.29 is 4.79 Å². The Hall–Kier alpha value is -1.47. The molecule has 0 radical (unpaired) electrons. The molecular formula is C12H16BrN5O. The van der Waals surface area contributed by atoms with Gasteiger partial charge in [-0.1, -0.05) is 0 Å². The molecule has 2 rings (SSSR count). The second kappa shape index (κ2) is 6.63. The molecule has 7 heteroatoms. The van der Waals surface area contributed by atoms with Gasteiger partial charge in [0, 0.05) is 32.3 Å². The number of nitrogens with zero attached hydrogens (tertiary/aromatic N) is 3. The Morgan fingerprint density at radius 1 is 1.42 bits per heavy atom. The summed E-state index contributed by atoms with van der Waals surface area (Å²) in [6.07, 6.45) is 5.88. The van der Waals surface area contributed by atoms with Gasteiger partial charge in [0.15, 0.2) is 5.65 Å². The van der Waals surface area contributed by atoms with Crippen LogP contribution in [0, 0.1) is 0 Å². The maximum Gasteiger partial charge on any atom is 0.221 e. The number of halogens is 1. The lowest BCUT2D eigenvalue weighted by atomic mass is 10.3. The monoisotopic (exact) mass is 325 g/mol. The largest absolute Gasteiger partial charge is 0.356 e. The van der Waals surface area contributed by atoms with Gasteiger partial charge in [0.25, 0.3) is 0 Å². The molecule has 0 saturated carbocycles. The molecule has 0 fully saturated rings. The predicted octanol–water partition coefficient (Wildman–Crippen LogP) is 1.11. The Morgan fingerprint density at radius 3 is 3.05 bits per heavy atom. The van der Waals surface area contributed by atoms with E-state index in [2.05, 4.69) is 36.5 Å². The number of amides is 1. The van der Waals surface area contributed by atoms with Crippen molar-refractivity contribution in [1.29, 1.82) is 0 Å². The third kappa shape index (κ3) is 3.74. The number of hydrogen-bond donors (Lipinski definition) is 2. The molecule has 0 aliphatic carbocycles. The van der Waals surface area contributed by atoms with E-state index < -0.39 is 0 Å². The Balaban J connectivity index is 1.88. The van der Waals surface area contributed by atoms with Crippen LogP contribution in [0.4, 0.5) is 0 Å². The number of hydrogen-bond acceptors (Lipinski definition) is 4. The first-order valence-electron chi connectivity index (χ1n) is 6.15. The zero-order valence-electron chi connectivity index (χ0n) is 10.7. The van der Waals surface area contributed by atoms with Gasteiger partial charge < -0.3 is 10.6 Å². The predicted molar refractivity (Wildman–Crippen MR) is 75.7 cm³/mol. The van der Waals surface area contributed by atoms with Crippen LogP contribution < -0.4 is 10.6 Å². The highest BCUT2D eigenvalue weighted by Crippen LogP contribution is 2.10. The lowest BCUT2D eigenvalue weighted by Crippen LogP contribution is -2.27. The van der Waals surface area contributed by atoms with E-state index in [4.69, 9.17) is 0 Å². The number of rotatable bonds is 6. The van der Waals surface area contributed by atoms with Gasteiger partial charge >= 0.3 is 0 Å². The number of fused-ring (bicyclic) bond motifs is 1. The number of carbonyl (C=O) groups is 1. The molecule has 2 N–H and O–H groups in total. The normalized spacial score (nSPS) is 10.8. The molecule has 0 unspecified atom stereocenters. The first-order chi connectivity index (χ1) is 9.20. The van der Waals surface area contributed by atoms with Crippen LogP contribution in [0.2, 0.25) is 0 Å². The maximum atomic E-state index is 11.3. The fourth-order valence-electron chi connectivity index (χ4n) is 1.75. The molecule has 0 bridgehead atoms. The van der Waals surface area contributed by atoms with Crippen molar-refractivity contribution in [2.24, 2.45) is 0 Å². The molecule has 2 aromatic rings. The van der Waals surface area contributed by atoms with Crippen LogP contribution in [0.15, 0.2) is 23.2 Å². The van der Waals surface area contributed by atoms with Crippen molar-refractivity contribution in [3.8, 4) is 0 Å².